The van der Waals surface area contributed by atoms with Gasteiger partial charge in [0.25, 0.3) is 10.0 Å². The molecule has 0 saturated heterocycles. The highest BCUT2D eigenvalue weighted by Gasteiger charge is 2.24. The summed E-state index contributed by atoms with van der Waals surface area (Å²) in [5.74, 6) is 0.0985. The Labute approximate surface area is 163 Å². The number of sulfonamides is 1. The Bertz CT molecular complexity index is 923. The van der Waals surface area contributed by atoms with Crippen LogP contribution in [0.25, 0.3) is 0 Å². The zero-order valence-corrected chi connectivity index (χ0v) is 16.4. The third kappa shape index (κ3) is 4.73. The van der Waals surface area contributed by atoms with E-state index in [1.54, 1.807) is 30.3 Å². The Morgan fingerprint density at radius 1 is 1.07 bits per heavy atom. The molecule has 1 amide bonds. The van der Waals surface area contributed by atoms with E-state index in [2.05, 4.69) is 10.0 Å². The molecule has 0 bridgehead atoms. The Hall–Kier alpha value is -2.25. The summed E-state index contributed by atoms with van der Waals surface area (Å²) < 4.78 is 33.3. The SMILES string of the molecule is COc1ccc(NC(=O)C2CCCC2)cc1S(=O)(=O)Nc1ccc(Cl)cc1. The van der Waals surface area contributed by atoms with Crippen LogP contribution in [0, 0.1) is 5.92 Å². The van der Waals surface area contributed by atoms with Crippen LogP contribution in [-0.4, -0.2) is 21.4 Å². The van der Waals surface area contributed by atoms with Gasteiger partial charge in [-0.3, -0.25) is 9.52 Å². The molecule has 2 aromatic carbocycles. The fraction of sp³-hybridized carbons (Fsp3) is 0.316. The van der Waals surface area contributed by atoms with Gasteiger partial charge in [0.1, 0.15) is 10.6 Å². The molecule has 1 aliphatic rings. The minimum Gasteiger partial charge on any atom is -0.495 e. The molecule has 0 unspecified atom stereocenters. The Morgan fingerprint density at radius 3 is 2.33 bits per heavy atom. The predicted octanol–water partition coefficient (Wildman–Crippen LogP) is 4.28. The van der Waals surface area contributed by atoms with E-state index in [0.29, 0.717) is 16.4 Å². The maximum Gasteiger partial charge on any atom is 0.265 e. The maximum atomic E-state index is 12.8. The maximum absolute atomic E-state index is 12.8. The quantitative estimate of drug-likeness (QED) is 0.747. The first kappa shape index (κ1) is 19.5. The van der Waals surface area contributed by atoms with Crippen molar-refractivity contribution in [3.05, 3.63) is 47.5 Å². The normalized spacial score (nSPS) is 14.7. The van der Waals surface area contributed by atoms with Crippen LogP contribution in [0.15, 0.2) is 47.4 Å². The topological polar surface area (TPSA) is 84.5 Å². The average Bonchev–Trinajstić information content (AvgIpc) is 3.18. The fourth-order valence-electron chi connectivity index (χ4n) is 3.12. The lowest BCUT2D eigenvalue weighted by atomic mass is 10.1. The Morgan fingerprint density at radius 2 is 1.70 bits per heavy atom. The van der Waals surface area contributed by atoms with Gasteiger partial charge in [-0.25, -0.2) is 8.42 Å². The second-order valence-corrected chi connectivity index (χ2v) is 8.54. The number of halogens is 1. The highest BCUT2D eigenvalue weighted by molar-refractivity contribution is 7.92. The van der Waals surface area contributed by atoms with Crippen LogP contribution in [-0.2, 0) is 14.8 Å². The van der Waals surface area contributed by atoms with E-state index in [1.807, 2.05) is 0 Å². The molecule has 6 nitrogen and oxygen atoms in total. The van der Waals surface area contributed by atoms with Gasteiger partial charge >= 0.3 is 0 Å². The minimum absolute atomic E-state index is 0.0145. The molecule has 1 saturated carbocycles. The van der Waals surface area contributed by atoms with Crippen molar-refractivity contribution >= 4 is 38.9 Å². The Balaban J connectivity index is 1.85. The van der Waals surface area contributed by atoms with Gasteiger partial charge in [-0.05, 0) is 55.3 Å². The second-order valence-electron chi connectivity index (χ2n) is 6.45. The van der Waals surface area contributed by atoms with Crippen LogP contribution < -0.4 is 14.8 Å². The molecule has 1 aliphatic carbocycles. The summed E-state index contributed by atoms with van der Waals surface area (Å²) in [6.45, 7) is 0. The molecule has 3 rings (SSSR count). The molecule has 1 fully saturated rings. The molecule has 144 valence electrons. The largest absolute Gasteiger partial charge is 0.495 e. The van der Waals surface area contributed by atoms with Crippen LogP contribution in [0.4, 0.5) is 11.4 Å². The van der Waals surface area contributed by atoms with Gasteiger partial charge < -0.3 is 10.1 Å². The molecule has 8 heteroatoms. The number of nitrogens with one attached hydrogen (secondary N) is 2. The van der Waals surface area contributed by atoms with Crippen LogP contribution >= 0.6 is 11.6 Å². The van der Waals surface area contributed by atoms with E-state index in [-0.39, 0.29) is 22.5 Å². The van der Waals surface area contributed by atoms with Crippen molar-refractivity contribution in [2.45, 2.75) is 30.6 Å². The van der Waals surface area contributed by atoms with E-state index in [1.165, 1.54) is 19.2 Å². The smallest absolute Gasteiger partial charge is 0.265 e. The number of carbonyl (C=O) groups is 1. The predicted molar refractivity (Wildman–Crippen MR) is 106 cm³/mol. The monoisotopic (exact) mass is 408 g/mol. The van der Waals surface area contributed by atoms with Crippen LogP contribution in [0.3, 0.4) is 0 Å². The summed E-state index contributed by atoms with van der Waals surface area (Å²) in [6.07, 6.45) is 3.83. The van der Waals surface area contributed by atoms with E-state index in [4.69, 9.17) is 16.3 Å². The lowest BCUT2D eigenvalue weighted by molar-refractivity contribution is -0.119. The first-order chi connectivity index (χ1) is 12.9. The highest BCUT2D eigenvalue weighted by atomic mass is 35.5. The summed E-state index contributed by atoms with van der Waals surface area (Å²) in [6, 6.07) is 10.9. The number of anilines is 2. The van der Waals surface area contributed by atoms with Crippen molar-refractivity contribution in [2.24, 2.45) is 5.92 Å². The number of amides is 1. The molecular weight excluding hydrogens is 388 g/mol. The van der Waals surface area contributed by atoms with Gasteiger partial charge in [-0.2, -0.15) is 0 Å². The zero-order chi connectivity index (χ0) is 19.4. The van der Waals surface area contributed by atoms with E-state index >= 15 is 0 Å². The van der Waals surface area contributed by atoms with E-state index in [9.17, 15) is 13.2 Å². The first-order valence-electron chi connectivity index (χ1n) is 8.66. The van der Waals surface area contributed by atoms with Crippen LogP contribution in [0.1, 0.15) is 25.7 Å². The molecular formula is C19H21ClN2O4S. The molecule has 0 aromatic heterocycles. The summed E-state index contributed by atoms with van der Waals surface area (Å²) in [5.41, 5.74) is 0.797. The summed E-state index contributed by atoms with van der Waals surface area (Å²) >= 11 is 5.83. The molecule has 0 spiro atoms. The molecule has 27 heavy (non-hydrogen) atoms. The molecule has 2 aromatic rings. The second kappa shape index (κ2) is 8.19. The van der Waals surface area contributed by atoms with Gasteiger partial charge in [0.15, 0.2) is 0 Å². The van der Waals surface area contributed by atoms with Crippen molar-refractivity contribution in [2.75, 3.05) is 17.1 Å². The van der Waals surface area contributed by atoms with Gasteiger partial charge in [0.2, 0.25) is 5.91 Å². The zero-order valence-electron chi connectivity index (χ0n) is 14.9. The molecule has 2 N–H and O–H groups in total. The van der Waals surface area contributed by atoms with Crippen LogP contribution in [0.2, 0.25) is 5.02 Å². The minimum atomic E-state index is -3.92. The molecule has 0 radical (unpaired) electrons. The number of benzene rings is 2. The third-order valence-electron chi connectivity index (χ3n) is 4.54. The standard InChI is InChI=1S/C19H21ClN2O4S/c1-26-17-11-10-16(21-19(23)13-4-2-3-5-13)12-18(17)27(24,25)22-15-8-6-14(20)7-9-15/h6-13,22H,2-5H2,1H3,(H,21,23). The van der Waals surface area contributed by atoms with E-state index in [0.717, 1.165) is 25.7 Å². The summed E-state index contributed by atoms with van der Waals surface area (Å²) in [4.78, 5) is 12.3. The van der Waals surface area contributed by atoms with E-state index < -0.39 is 10.0 Å². The lowest BCUT2D eigenvalue weighted by Crippen LogP contribution is -2.21. The first-order valence-corrected chi connectivity index (χ1v) is 10.5. The molecule has 0 aliphatic heterocycles. The van der Waals surface area contributed by atoms with Gasteiger partial charge in [-0.1, -0.05) is 24.4 Å². The number of carbonyl (C=O) groups excluding carboxylic acids is 1. The van der Waals surface area contributed by atoms with Crippen molar-refractivity contribution in [3.63, 3.8) is 0 Å². The summed E-state index contributed by atoms with van der Waals surface area (Å²) in [7, 11) is -2.52. The number of ether oxygens (including phenoxy) is 1. The lowest BCUT2D eigenvalue weighted by Gasteiger charge is -2.15. The molecule has 0 heterocycles. The summed E-state index contributed by atoms with van der Waals surface area (Å²) in [5, 5.41) is 3.32. The average molecular weight is 409 g/mol. The van der Waals surface area contributed by atoms with Crippen molar-refractivity contribution in [1.82, 2.24) is 0 Å². The van der Waals surface area contributed by atoms with Crippen molar-refractivity contribution in [1.29, 1.82) is 0 Å². The Kier molecular flexibility index (Phi) is 5.92. The van der Waals surface area contributed by atoms with Gasteiger partial charge in [0, 0.05) is 22.3 Å². The number of hydrogen-bond acceptors (Lipinski definition) is 4. The van der Waals surface area contributed by atoms with Crippen molar-refractivity contribution < 1.29 is 17.9 Å². The van der Waals surface area contributed by atoms with Crippen LogP contribution in [0.5, 0.6) is 5.75 Å². The highest BCUT2D eigenvalue weighted by Crippen LogP contribution is 2.31. The van der Waals surface area contributed by atoms with Crippen molar-refractivity contribution in [3.8, 4) is 5.75 Å². The van der Waals surface area contributed by atoms with Gasteiger partial charge in [0.05, 0.1) is 7.11 Å². The third-order valence-corrected chi connectivity index (χ3v) is 6.20. The number of methoxy groups -OCH3 is 1. The molecule has 0 atom stereocenters. The fourth-order valence-corrected chi connectivity index (χ4v) is 4.51. The van der Waals surface area contributed by atoms with Gasteiger partial charge in [-0.15, -0.1) is 0 Å². The number of hydrogen-bond donors (Lipinski definition) is 2. The number of rotatable bonds is 6.